The minimum Gasteiger partial charge on any atom is -0.307 e. The van der Waals surface area contributed by atoms with Crippen LogP contribution in [-0.2, 0) is 19.5 Å². The Bertz CT molecular complexity index is 731. The van der Waals surface area contributed by atoms with Crippen molar-refractivity contribution >= 4 is 34.4 Å². The topological polar surface area (TPSA) is 48.5 Å². The average Bonchev–Trinajstić information content (AvgIpc) is 2.94. The maximum absolute atomic E-state index is 5.95. The predicted octanol–water partition coefficient (Wildman–Crippen LogP) is 2.61. The average molecular weight is 296 g/mol. The molecule has 0 aliphatic rings. The third kappa shape index (κ3) is 2.31. The Morgan fingerprint density at radius 2 is 2.16 bits per heavy atom. The molecule has 0 saturated carbocycles. The number of hydrogen-bond donors (Lipinski definition) is 0. The summed E-state index contributed by atoms with van der Waals surface area (Å²) in [6.45, 7) is 0.640. The first kappa shape index (κ1) is 12.4. The van der Waals surface area contributed by atoms with Gasteiger partial charge in [-0.25, -0.2) is 9.97 Å². The van der Waals surface area contributed by atoms with E-state index in [0.717, 1.165) is 22.6 Å². The van der Waals surface area contributed by atoms with E-state index in [-0.39, 0.29) is 0 Å². The lowest BCUT2D eigenvalue weighted by Crippen LogP contribution is -2.04. The van der Waals surface area contributed by atoms with Crippen LogP contribution in [-0.4, -0.2) is 24.3 Å². The lowest BCUT2D eigenvalue weighted by atomic mass is 10.3. The van der Waals surface area contributed by atoms with E-state index in [4.69, 9.17) is 23.2 Å². The Morgan fingerprint density at radius 1 is 1.32 bits per heavy atom. The van der Waals surface area contributed by atoms with Crippen LogP contribution < -0.4 is 0 Å². The van der Waals surface area contributed by atoms with Gasteiger partial charge in [0.25, 0.3) is 0 Å². The zero-order valence-corrected chi connectivity index (χ0v) is 11.7. The first-order valence-corrected chi connectivity index (χ1v) is 6.63. The van der Waals surface area contributed by atoms with E-state index in [9.17, 15) is 0 Å². The summed E-state index contributed by atoms with van der Waals surface area (Å²) in [5, 5.41) is 4.72. The molecule has 7 heteroatoms. The maximum Gasteiger partial charge on any atom is 0.160 e. The predicted molar refractivity (Wildman–Crippen MR) is 74.4 cm³/mol. The summed E-state index contributed by atoms with van der Waals surface area (Å²) >= 11 is 11.9. The number of pyridine rings is 1. The van der Waals surface area contributed by atoms with Crippen LogP contribution in [0.25, 0.3) is 11.2 Å². The van der Waals surface area contributed by atoms with E-state index >= 15 is 0 Å². The SMILES string of the molecule is Cn1cc(Cn2c(CCl)nc3cc(Cl)cnc32)cn1. The lowest BCUT2D eigenvalue weighted by Gasteiger charge is -2.04. The van der Waals surface area contributed by atoms with Crippen LogP contribution in [0.5, 0.6) is 0 Å². The number of rotatable bonds is 3. The van der Waals surface area contributed by atoms with Crippen molar-refractivity contribution in [2.24, 2.45) is 7.05 Å². The van der Waals surface area contributed by atoms with Gasteiger partial charge in [0.05, 0.1) is 23.6 Å². The Hall–Kier alpha value is -1.59. The summed E-state index contributed by atoms with van der Waals surface area (Å²) in [6, 6.07) is 1.79. The fourth-order valence-corrected chi connectivity index (χ4v) is 2.39. The highest BCUT2D eigenvalue weighted by Crippen LogP contribution is 2.20. The van der Waals surface area contributed by atoms with Crippen molar-refractivity contribution < 1.29 is 0 Å². The van der Waals surface area contributed by atoms with E-state index < -0.39 is 0 Å². The number of alkyl halides is 1. The summed E-state index contributed by atoms with van der Waals surface area (Å²) in [5.41, 5.74) is 2.61. The molecule has 3 aromatic heterocycles. The number of imidazole rings is 1. The Morgan fingerprint density at radius 3 is 2.84 bits per heavy atom. The van der Waals surface area contributed by atoms with Gasteiger partial charge in [0.1, 0.15) is 11.3 Å². The molecule has 0 atom stereocenters. The fourth-order valence-electron chi connectivity index (χ4n) is 2.04. The van der Waals surface area contributed by atoms with Gasteiger partial charge < -0.3 is 4.57 Å². The van der Waals surface area contributed by atoms with Crippen LogP contribution in [0.3, 0.4) is 0 Å². The minimum absolute atomic E-state index is 0.328. The Labute approximate surface area is 119 Å². The van der Waals surface area contributed by atoms with Crippen molar-refractivity contribution in [3.05, 3.63) is 41.1 Å². The monoisotopic (exact) mass is 295 g/mol. The summed E-state index contributed by atoms with van der Waals surface area (Å²) < 4.78 is 3.74. The number of hydrogen-bond acceptors (Lipinski definition) is 3. The molecule has 0 spiro atoms. The maximum atomic E-state index is 5.95. The highest BCUT2D eigenvalue weighted by Gasteiger charge is 2.12. The molecular weight excluding hydrogens is 285 g/mol. The van der Waals surface area contributed by atoms with Gasteiger partial charge in [-0.05, 0) is 6.07 Å². The molecule has 0 saturated heterocycles. The van der Waals surface area contributed by atoms with Gasteiger partial charge >= 0.3 is 0 Å². The summed E-state index contributed by atoms with van der Waals surface area (Å²) in [6.07, 6.45) is 5.39. The van der Waals surface area contributed by atoms with Gasteiger partial charge in [0.15, 0.2) is 5.65 Å². The first-order valence-electron chi connectivity index (χ1n) is 5.71. The number of halogens is 2. The molecule has 0 aromatic carbocycles. The van der Waals surface area contributed by atoms with Crippen LogP contribution in [0, 0.1) is 0 Å². The molecule has 3 aromatic rings. The zero-order chi connectivity index (χ0) is 13.4. The number of aryl methyl sites for hydroxylation is 1. The van der Waals surface area contributed by atoms with Crippen LogP contribution in [0.4, 0.5) is 0 Å². The lowest BCUT2D eigenvalue weighted by molar-refractivity contribution is 0.756. The van der Waals surface area contributed by atoms with Crippen molar-refractivity contribution in [2.75, 3.05) is 0 Å². The van der Waals surface area contributed by atoms with Crippen molar-refractivity contribution in [3.63, 3.8) is 0 Å². The Kier molecular flexibility index (Phi) is 3.16. The third-order valence-electron chi connectivity index (χ3n) is 2.85. The second kappa shape index (κ2) is 4.83. The first-order chi connectivity index (χ1) is 9.17. The van der Waals surface area contributed by atoms with E-state index in [2.05, 4.69) is 15.1 Å². The van der Waals surface area contributed by atoms with E-state index in [1.165, 1.54) is 0 Å². The van der Waals surface area contributed by atoms with E-state index in [1.807, 2.05) is 24.0 Å². The van der Waals surface area contributed by atoms with Crippen molar-refractivity contribution in [1.29, 1.82) is 0 Å². The van der Waals surface area contributed by atoms with Gasteiger partial charge in [0.2, 0.25) is 0 Å². The van der Waals surface area contributed by atoms with Crippen LogP contribution in [0.2, 0.25) is 5.02 Å². The number of nitrogens with zero attached hydrogens (tertiary/aromatic N) is 5. The van der Waals surface area contributed by atoms with Gasteiger partial charge in [0, 0.05) is 25.0 Å². The molecule has 3 heterocycles. The van der Waals surface area contributed by atoms with Gasteiger partial charge in [-0.1, -0.05) is 11.6 Å². The van der Waals surface area contributed by atoms with Gasteiger partial charge in [-0.3, -0.25) is 4.68 Å². The van der Waals surface area contributed by atoms with Gasteiger partial charge in [-0.15, -0.1) is 11.6 Å². The molecule has 19 heavy (non-hydrogen) atoms. The van der Waals surface area contributed by atoms with Crippen molar-refractivity contribution in [2.45, 2.75) is 12.4 Å². The number of aromatic nitrogens is 5. The normalized spacial score (nSPS) is 11.3. The Balaban J connectivity index is 2.10. The fraction of sp³-hybridized carbons (Fsp3) is 0.250. The quantitative estimate of drug-likeness (QED) is 0.698. The third-order valence-corrected chi connectivity index (χ3v) is 3.29. The molecule has 0 bridgehead atoms. The highest BCUT2D eigenvalue weighted by molar-refractivity contribution is 6.31. The summed E-state index contributed by atoms with van der Waals surface area (Å²) in [7, 11) is 1.88. The molecule has 0 unspecified atom stereocenters. The van der Waals surface area contributed by atoms with E-state index in [1.54, 1.807) is 16.9 Å². The molecule has 98 valence electrons. The van der Waals surface area contributed by atoms with E-state index in [0.29, 0.717) is 17.4 Å². The van der Waals surface area contributed by atoms with Gasteiger partial charge in [-0.2, -0.15) is 5.10 Å². The molecule has 3 rings (SSSR count). The molecule has 5 nitrogen and oxygen atoms in total. The standard InChI is InChI=1S/C12H11Cl2N5/c1-18-6-8(4-16-18)7-19-11(3-13)17-10-2-9(14)5-15-12(10)19/h2,4-6H,3,7H2,1H3. The second-order valence-electron chi connectivity index (χ2n) is 4.27. The molecule has 0 radical (unpaired) electrons. The minimum atomic E-state index is 0.328. The summed E-state index contributed by atoms with van der Waals surface area (Å²) in [4.78, 5) is 8.79. The largest absolute Gasteiger partial charge is 0.307 e. The van der Waals surface area contributed by atoms with Crippen LogP contribution >= 0.6 is 23.2 Å². The van der Waals surface area contributed by atoms with Crippen molar-refractivity contribution in [3.8, 4) is 0 Å². The molecule has 0 amide bonds. The zero-order valence-electron chi connectivity index (χ0n) is 10.2. The molecule has 0 fully saturated rings. The highest BCUT2D eigenvalue weighted by atomic mass is 35.5. The number of fused-ring (bicyclic) bond motifs is 1. The summed E-state index contributed by atoms with van der Waals surface area (Å²) in [5.74, 6) is 1.10. The molecular formula is C12H11Cl2N5. The second-order valence-corrected chi connectivity index (χ2v) is 4.97. The molecule has 0 aliphatic carbocycles. The van der Waals surface area contributed by atoms with Crippen LogP contribution in [0.1, 0.15) is 11.4 Å². The van der Waals surface area contributed by atoms with Crippen molar-refractivity contribution in [1.82, 2.24) is 24.3 Å². The van der Waals surface area contributed by atoms with Crippen LogP contribution in [0.15, 0.2) is 24.7 Å². The molecule has 0 N–H and O–H groups in total. The molecule has 0 aliphatic heterocycles. The smallest absolute Gasteiger partial charge is 0.160 e.